The van der Waals surface area contributed by atoms with Gasteiger partial charge in [-0.2, -0.15) is 0 Å². The Labute approximate surface area is 158 Å². The van der Waals surface area contributed by atoms with E-state index in [0.29, 0.717) is 0 Å². The van der Waals surface area contributed by atoms with Gasteiger partial charge in [0.2, 0.25) is 0 Å². The number of hydrogen-bond acceptors (Lipinski definition) is 5. The smallest absolute Gasteiger partial charge is 0.194 e. The van der Waals surface area contributed by atoms with Crippen molar-refractivity contribution in [3.8, 4) is 0 Å². The normalized spacial score (nSPS) is 16.5. The molecule has 7 nitrogen and oxygen atoms in total. The average molecular weight is 365 g/mol. The number of rotatable bonds is 9. The third-order valence-electron chi connectivity index (χ3n) is 4.73. The highest BCUT2D eigenvalue weighted by Gasteiger charge is 2.20. The molecule has 1 aliphatic rings. The summed E-state index contributed by atoms with van der Waals surface area (Å²) in [7, 11) is 0. The number of piperazine rings is 1. The van der Waals surface area contributed by atoms with Crippen LogP contribution >= 0.6 is 0 Å². The van der Waals surface area contributed by atoms with Gasteiger partial charge in [-0.3, -0.25) is 9.89 Å². The zero-order chi connectivity index (χ0) is 18.8. The SMILES string of the molecule is CCCN(CC)CCN=C(NCC)N1CCN(Cc2cc(C)on2)CC1. The summed E-state index contributed by atoms with van der Waals surface area (Å²) >= 11 is 0. The first-order chi connectivity index (χ1) is 12.7. The third-order valence-corrected chi connectivity index (χ3v) is 4.73. The molecular weight excluding hydrogens is 328 g/mol. The largest absolute Gasteiger partial charge is 0.361 e. The van der Waals surface area contributed by atoms with Crippen molar-refractivity contribution in [1.82, 2.24) is 25.2 Å². The fourth-order valence-corrected chi connectivity index (χ4v) is 3.31. The lowest BCUT2D eigenvalue weighted by atomic mass is 10.3. The maximum atomic E-state index is 5.17. The summed E-state index contributed by atoms with van der Waals surface area (Å²) in [4.78, 5) is 12.1. The lowest BCUT2D eigenvalue weighted by molar-refractivity contribution is 0.169. The monoisotopic (exact) mass is 364 g/mol. The lowest BCUT2D eigenvalue weighted by Gasteiger charge is -2.36. The molecule has 26 heavy (non-hydrogen) atoms. The van der Waals surface area contributed by atoms with Crippen molar-refractivity contribution in [2.75, 3.05) is 58.9 Å². The van der Waals surface area contributed by atoms with Gasteiger partial charge >= 0.3 is 0 Å². The molecule has 0 aromatic carbocycles. The Kier molecular flexibility index (Phi) is 8.91. The second-order valence-corrected chi connectivity index (χ2v) is 6.86. The van der Waals surface area contributed by atoms with Gasteiger partial charge in [0.1, 0.15) is 5.76 Å². The van der Waals surface area contributed by atoms with Crippen molar-refractivity contribution in [2.45, 2.75) is 40.7 Å². The van der Waals surface area contributed by atoms with Crippen LogP contribution in [-0.2, 0) is 6.54 Å². The second-order valence-electron chi connectivity index (χ2n) is 6.86. The zero-order valence-corrected chi connectivity index (χ0v) is 17.0. The molecule has 0 saturated carbocycles. The average Bonchev–Trinajstić information content (AvgIpc) is 3.05. The van der Waals surface area contributed by atoms with Gasteiger partial charge in [0, 0.05) is 51.9 Å². The van der Waals surface area contributed by atoms with Crippen molar-refractivity contribution >= 4 is 5.96 Å². The highest BCUT2D eigenvalue weighted by atomic mass is 16.5. The highest BCUT2D eigenvalue weighted by molar-refractivity contribution is 5.80. The molecule has 1 N–H and O–H groups in total. The fourth-order valence-electron chi connectivity index (χ4n) is 3.31. The van der Waals surface area contributed by atoms with Crippen LogP contribution in [0.2, 0.25) is 0 Å². The van der Waals surface area contributed by atoms with E-state index in [9.17, 15) is 0 Å². The highest BCUT2D eigenvalue weighted by Crippen LogP contribution is 2.09. The van der Waals surface area contributed by atoms with Crippen LogP contribution in [-0.4, -0.2) is 84.7 Å². The molecule has 2 rings (SSSR count). The summed E-state index contributed by atoms with van der Waals surface area (Å²) in [5.74, 6) is 1.93. The number of aliphatic imine (C=N–C) groups is 1. The first-order valence-electron chi connectivity index (χ1n) is 10.1. The predicted molar refractivity (Wildman–Crippen MR) is 106 cm³/mol. The van der Waals surface area contributed by atoms with Gasteiger partial charge < -0.3 is 19.6 Å². The summed E-state index contributed by atoms with van der Waals surface area (Å²) in [6, 6.07) is 2.02. The molecule has 0 unspecified atom stereocenters. The number of hydrogen-bond donors (Lipinski definition) is 1. The minimum Gasteiger partial charge on any atom is -0.361 e. The van der Waals surface area contributed by atoms with E-state index >= 15 is 0 Å². The summed E-state index contributed by atoms with van der Waals surface area (Å²) in [6.07, 6.45) is 1.20. The number of nitrogens with zero attached hydrogens (tertiary/aromatic N) is 5. The molecule has 148 valence electrons. The Hall–Kier alpha value is -1.60. The molecule has 0 radical (unpaired) electrons. The number of nitrogens with one attached hydrogen (secondary N) is 1. The first-order valence-corrected chi connectivity index (χ1v) is 10.1. The van der Waals surface area contributed by atoms with E-state index in [1.54, 1.807) is 0 Å². The summed E-state index contributed by atoms with van der Waals surface area (Å²) in [5, 5.41) is 7.56. The Morgan fingerprint density at radius 1 is 1.23 bits per heavy atom. The van der Waals surface area contributed by atoms with E-state index < -0.39 is 0 Å². The summed E-state index contributed by atoms with van der Waals surface area (Å²) in [5.41, 5.74) is 1.02. The molecule has 1 aromatic heterocycles. The van der Waals surface area contributed by atoms with Gasteiger partial charge in [0.25, 0.3) is 0 Å². The van der Waals surface area contributed by atoms with Gasteiger partial charge in [0.15, 0.2) is 5.96 Å². The van der Waals surface area contributed by atoms with Crippen molar-refractivity contribution in [2.24, 2.45) is 4.99 Å². The molecule has 2 heterocycles. The van der Waals surface area contributed by atoms with Crippen LogP contribution < -0.4 is 5.32 Å². The van der Waals surface area contributed by atoms with E-state index in [4.69, 9.17) is 9.52 Å². The minimum absolute atomic E-state index is 0.856. The van der Waals surface area contributed by atoms with Crippen LogP contribution in [0.3, 0.4) is 0 Å². The quantitative estimate of drug-likeness (QED) is 0.533. The molecule has 1 aliphatic heterocycles. The Morgan fingerprint density at radius 3 is 2.58 bits per heavy atom. The lowest BCUT2D eigenvalue weighted by Crippen LogP contribution is -2.52. The van der Waals surface area contributed by atoms with E-state index in [2.05, 4.69) is 45.9 Å². The molecule has 0 aliphatic carbocycles. The molecule has 7 heteroatoms. The molecule has 0 spiro atoms. The minimum atomic E-state index is 0.856. The number of likely N-dealkylation sites (N-methyl/N-ethyl adjacent to an activating group) is 1. The topological polar surface area (TPSA) is 60.1 Å². The van der Waals surface area contributed by atoms with E-state index in [0.717, 1.165) is 82.9 Å². The maximum absolute atomic E-state index is 5.17. The number of aromatic nitrogens is 1. The Balaban J connectivity index is 1.81. The van der Waals surface area contributed by atoms with Gasteiger partial charge in [0.05, 0.1) is 12.2 Å². The molecule has 0 bridgehead atoms. The van der Waals surface area contributed by atoms with Gasteiger partial charge in [-0.15, -0.1) is 0 Å². The van der Waals surface area contributed by atoms with E-state index in [-0.39, 0.29) is 0 Å². The molecule has 1 fully saturated rings. The van der Waals surface area contributed by atoms with Gasteiger partial charge in [-0.25, -0.2) is 0 Å². The maximum Gasteiger partial charge on any atom is 0.194 e. The van der Waals surface area contributed by atoms with Gasteiger partial charge in [-0.1, -0.05) is 19.0 Å². The molecular formula is C19H36N6O. The van der Waals surface area contributed by atoms with Crippen LogP contribution in [0.25, 0.3) is 0 Å². The Morgan fingerprint density at radius 2 is 2.00 bits per heavy atom. The van der Waals surface area contributed by atoms with Crippen molar-refractivity contribution in [1.29, 1.82) is 0 Å². The standard InChI is InChI=1S/C19H36N6O/c1-5-9-23(7-3)10-8-21-19(20-6-2)25-13-11-24(12-14-25)16-18-15-17(4)26-22-18/h15H,5-14,16H2,1-4H3,(H,20,21). The summed E-state index contributed by atoms with van der Waals surface area (Å²) < 4.78 is 5.17. The number of aryl methyl sites for hydroxylation is 1. The second kappa shape index (κ2) is 11.2. The van der Waals surface area contributed by atoms with Crippen LogP contribution in [0.1, 0.15) is 38.6 Å². The zero-order valence-electron chi connectivity index (χ0n) is 17.0. The Bertz CT molecular complexity index is 536. The van der Waals surface area contributed by atoms with E-state index in [1.165, 1.54) is 6.42 Å². The van der Waals surface area contributed by atoms with Crippen molar-refractivity contribution in [3.05, 3.63) is 17.5 Å². The molecule has 0 amide bonds. The van der Waals surface area contributed by atoms with Crippen LogP contribution in [0.15, 0.2) is 15.6 Å². The van der Waals surface area contributed by atoms with E-state index in [1.807, 2.05) is 13.0 Å². The molecule has 1 saturated heterocycles. The molecule has 1 aromatic rings. The number of guanidine groups is 1. The third kappa shape index (κ3) is 6.61. The first kappa shape index (κ1) is 20.7. The van der Waals surface area contributed by atoms with Crippen molar-refractivity contribution in [3.63, 3.8) is 0 Å². The molecule has 0 atom stereocenters. The van der Waals surface area contributed by atoms with Gasteiger partial charge in [-0.05, 0) is 33.4 Å². The fraction of sp³-hybridized carbons (Fsp3) is 0.789. The van der Waals surface area contributed by atoms with Crippen LogP contribution in [0, 0.1) is 6.92 Å². The van der Waals surface area contributed by atoms with Crippen LogP contribution in [0.5, 0.6) is 0 Å². The predicted octanol–water partition coefficient (Wildman–Crippen LogP) is 1.80. The van der Waals surface area contributed by atoms with Crippen molar-refractivity contribution < 1.29 is 4.52 Å². The summed E-state index contributed by atoms with van der Waals surface area (Å²) in [6.45, 7) is 18.5. The van der Waals surface area contributed by atoms with Crippen LogP contribution in [0.4, 0.5) is 0 Å².